The average Bonchev–Trinajstić information content (AvgIpc) is 3.07. The van der Waals surface area contributed by atoms with E-state index in [0.717, 1.165) is 29.3 Å². The van der Waals surface area contributed by atoms with Gasteiger partial charge in [0.05, 0.1) is 11.6 Å². The number of pyridine rings is 1. The molecule has 4 rings (SSSR count). The Balaban J connectivity index is 1.79. The second-order valence-electron chi connectivity index (χ2n) is 7.35. The lowest BCUT2D eigenvalue weighted by atomic mass is 9.99. The second-order valence-corrected chi connectivity index (χ2v) is 9.00. The molecule has 0 saturated carbocycles. The molecule has 11 heteroatoms. The van der Waals surface area contributed by atoms with E-state index >= 15 is 0 Å². The zero-order valence-corrected chi connectivity index (χ0v) is 18.3. The first-order valence-corrected chi connectivity index (χ1v) is 11.5. The smallest absolute Gasteiger partial charge is 0.408 e. The molecule has 2 heterocycles. The fourth-order valence-corrected chi connectivity index (χ4v) is 4.81. The average molecular weight is 474 g/mol. The van der Waals surface area contributed by atoms with Crippen molar-refractivity contribution in [1.29, 1.82) is 0 Å². The van der Waals surface area contributed by atoms with Gasteiger partial charge in [-0.1, -0.05) is 30.3 Å². The molecule has 0 saturated heterocycles. The first-order chi connectivity index (χ1) is 15.7. The number of aromatic nitrogens is 2. The number of nitrogens with zero attached hydrogens (tertiary/aromatic N) is 2. The van der Waals surface area contributed by atoms with Gasteiger partial charge in [-0.25, -0.2) is 22.6 Å². The van der Waals surface area contributed by atoms with Crippen molar-refractivity contribution in [2.45, 2.75) is 24.3 Å². The van der Waals surface area contributed by atoms with Gasteiger partial charge >= 0.3 is 5.76 Å². The summed E-state index contributed by atoms with van der Waals surface area (Å²) in [6.07, 6.45) is 0.585. The molecule has 0 bridgehead atoms. The first kappa shape index (κ1) is 22.6. The lowest BCUT2D eigenvalue weighted by Gasteiger charge is -2.17. The topological polar surface area (TPSA) is 120 Å². The van der Waals surface area contributed by atoms with E-state index in [2.05, 4.69) is 4.98 Å². The van der Waals surface area contributed by atoms with Gasteiger partial charge in [0, 0.05) is 12.1 Å². The van der Waals surface area contributed by atoms with Crippen LogP contribution < -0.4 is 16.2 Å². The predicted molar refractivity (Wildman–Crippen MR) is 118 cm³/mol. The molecule has 172 valence electrons. The number of benzene rings is 2. The van der Waals surface area contributed by atoms with E-state index < -0.39 is 38.5 Å². The minimum absolute atomic E-state index is 0.0929. The zero-order chi connectivity index (χ0) is 23.8. The third-order valence-corrected chi connectivity index (χ3v) is 6.59. The number of sulfonamides is 1. The van der Waals surface area contributed by atoms with Gasteiger partial charge in [-0.15, -0.1) is 0 Å². The maximum atomic E-state index is 15.0. The van der Waals surface area contributed by atoms with Gasteiger partial charge in [0.15, 0.2) is 5.58 Å². The van der Waals surface area contributed by atoms with Crippen molar-refractivity contribution in [3.63, 3.8) is 0 Å². The van der Waals surface area contributed by atoms with E-state index in [0.29, 0.717) is 13.0 Å². The predicted octanol–water partition coefficient (Wildman–Crippen LogP) is 3.18. The van der Waals surface area contributed by atoms with Crippen LogP contribution >= 0.6 is 0 Å². The van der Waals surface area contributed by atoms with Crippen LogP contribution in [0.15, 0.2) is 68.7 Å². The molecule has 2 aromatic heterocycles. The van der Waals surface area contributed by atoms with Crippen LogP contribution in [0.2, 0.25) is 0 Å². The Bertz CT molecular complexity index is 1500. The van der Waals surface area contributed by atoms with Gasteiger partial charge in [-0.05, 0) is 43.1 Å². The number of halogens is 2. The Kier molecular flexibility index (Phi) is 6.00. The van der Waals surface area contributed by atoms with E-state index in [4.69, 9.17) is 10.2 Å². The number of hydrogen-bond acceptors (Lipinski definition) is 6. The molecule has 0 radical (unpaired) electrons. The second kappa shape index (κ2) is 8.75. The van der Waals surface area contributed by atoms with Crippen LogP contribution in [0.25, 0.3) is 11.1 Å². The highest BCUT2D eigenvalue weighted by atomic mass is 32.2. The summed E-state index contributed by atoms with van der Waals surface area (Å²) < 4.78 is 62.2. The summed E-state index contributed by atoms with van der Waals surface area (Å²) in [6.45, 7) is 2.17. The van der Waals surface area contributed by atoms with Crippen molar-refractivity contribution >= 4 is 26.9 Å². The van der Waals surface area contributed by atoms with Gasteiger partial charge < -0.3 is 10.2 Å². The van der Waals surface area contributed by atoms with Crippen molar-refractivity contribution in [1.82, 2.24) is 9.55 Å². The molecule has 0 spiro atoms. The van der Waals surface area contributed by atoms with Crippen LogP contribution in [-0.4, -0.2) is 24.5 Å². The Morgan fingerprint density at radius 2 is 1.91 bits per heavy atom. The van der Waals surface area contributed by atoms with Crippen LogP contribution in [0, 0.1) is 11.8 Å². The Hall–Kier alpha value is -3.57. The molecule has 1 atom stereocenters. The molecule has 3 N–H and O–H groups in total. The van der Waals surface area contributed by atoms with Crippen molar-refractivity contribution in [3.05, 3.63) is 88.0 Å². The van der Waals surface area contributed by atoms with E-state index in [1.54, 1.807) is 6.92 Å². The molecule has 1 unspecified atom stereocenters. The standard InChI is InChI=1S/C22H20F2N4O4S/c1-13(15-6-3-2-5-14(15)9-10-25)28-17-11-16(23)19(12-18(17)32-22(28)29)33(30,31)27-21-8-4-7-20(24)26-21/h2-8,11-13H,9-10,25H2,1H3,(H,26,27). The molecule has 2 aromatic carbocycles. The summed E-state index contributed by atoms with van der Waals surface area (Å²) in [4.78, 5) is 15.3. The third-order valence-electron chi connectivity index (χ3n) is 5.22. The van der Waals surface area contributed by atoms with Crippen LogP contribution in [-0.2, 0) is 16.4 Å². The SMILES string of the molecule is CC(c1ccccc1CCN)n1c(=O)oc2cc(S(=O)(=O)Nc3cccc(F)n3)c(F)cc21. The molecule has 0 aliphatic heterocycles. The molecule has 0 amide bonds. The van der Waals surface area contributed by atoms with Gasteiger partial charge in [0.25, 0.3) is 10.0 Å². The number of rotatable bonds is 7. The lowest BCUT2D eigenvalue weighted by Crippen LogP contribution is -2.21. The molecule has 33 heavy (non-hydrogen) atoms. The maximum absolute atomic E-state index is 15.0. The van der Waals surface area contributed by atoms with E-state index in [9.17, 15) is 22.0 Å². The van der Waals surface area contributed by atoms with Crippen molar-refractivity contribution in [3.8, 4) is 0 Å². The van der Waals surface area contributed by atoms with Crippen molar-refractivity contribution in [2.75, 3.05) is 11.3 Å². The molecule has 8 nitrogen and oxygen atoms in total. The number of nitrogens with two attached hydrogens (primary N) is 1. The zero-order valence-electron chi connectivity index (χ0n) is 17.5. The lowest BCUT2D eigenvalue weighted by molar-refractivity contribution is 0.488. The van der Waals surface area contributed by atoms with Gasteiger partial charge in [-0.2, -0.15) is 4.39 Å². The minimum Gasteiger partial charge on any atom is -0.408 e. The quantitative estimate of drug-likeness (QED) is 0.397. The number of fused-ring (bicyclic) bond motifs is 1. The van der Waals surface area contributed by atoms with Crippen LogP contribution in [0.5, 0.6) is 0 Å². The summed E-state index contributed by atoms with van der Waals surface area (Å²) in [7, 11) is -4.48. The van der Waals surface area contributed by atoms with E-state index in [1.165, 1.54) is 16.7 Å². The summed E-state index contributed by atoms with van der Waals surface area (Å²) in [5.74, 6) is -3.10. The Morgan fingerprint density at radius 3 is 2.64 bits per heavy atom. The summed E-state index contributed by atoms with van der Waals surface area (Å²) in [5, 5.41) is 0. The molecular weight excluding hydrogens is 454 g/mol. The van der Waals surface area contributed by atoms with Gasteiger partial charge in [0.2, 0.25) is 5.95 Å². The summed E-state index contributed by atoms with van der Waals surface area (Å²) >= 11 is 0. The van der Waals surface area contributed by atoms with Crippen molar-refractivity contribution in [2.24, 2.45) is 5.73 Å². The van der Waals surface area contributed by atoms with Gasteiger partial charge in [0.1, 0.15) is 16.5 Å². The highest BCUT2D eigenvalue weighted by Crippen LogP contribution is 2.29. The highest BCUT2D eigenvalue weighted by molar-refractivity contribution is 7.92. The Morgan fingerprint density at radius 1 is 1.15 bits per heavy atom. The van der Waals surface area contributed by atoms with E-state index in [-0.39, 0.29) is 16.9 Å². The van der Waals surface area contributed by atoms with Gasteiger partial charge in [-0.3, -0.25) is 9.29 Å². The normalized spacial score (nSPS) is 12.7. The monoisotopic (exact) mass is 474 g/mol. The Labute approximate surface area is 187 Å². The number of hydrogen-bond donors (Lipinski definition) is 2. The third kappa shape index (κ3) is 4.37. The summed E-state index contributed by atoms with van der Waals surface area (Å²) in [5.41, 5.74) is 7.40. The van der Waals surface area contributed by atoms with Crippen LogP contribution in [0.4, 0.5) is 14.6 Å². The van der Waals surface area contributed by atoms with E-state index in [1.807, 2.05) is 29.0 Å². The fourth-order valence-electron chi connectivity index (χ4n) is 3.73. The maximum Gasteiger partial charge on any atom is 0.420 e. The van der Waals surface area contributed by atoms with Crippen LogP contribution in [0.3, 0.4) is 0 Å². The largest absolute Gasteiger partial charge is 0.420 e. The molecule has 4 aromatic rings. The van der Waals surface area contributed by atoms with Crippen LogP contribution in [0.1, 0.15) is 24.1 Å². The number of anilines is 1. The molecule has 0 aliphatic carbocycles. The summed E-state index contributed by atoms with van der Waals surface area (Å²) in [6, 6.07) is 12.2. The molecular formula is C22H20F2N4O4S. The fraction of sp³-hybridized carbons (Fsp3) is 0.182. The number of oxazole rings is 1. The van der Waals surface area contributed by atoms with Crippen molar-refractivity contribution < 1.29 is 21.6 Å². The number of nitrogens with one attached hydrogen (secondary N) is 1. The first-order valence-electron chi connectivity index (χ1n) is 9.99. The molecule has 0 aliphatic rings. The minimum atomic E-state index is -4.48. The highest BCUT2D eigenvalue weighted by Gasteiger charge is 2.25. The molecule has 0 fully saturated rings.